The smallest absolute Gasteiger partial charge is 0.264 e. The number of nitrogens with one attached hydrogen (secondary N) is 1. The predicted molar refractivity (Wildman–Crippen MR) is 118 cm³/mol. The van der Waals surface area contributed by atoms with E-state index in [9.17, 15) is 4.79 Å². The zero-order valence-electron chi connectivity index (χ0n) is 17.0. The molecule has 3 rings (SSSR count). The van der Waals surface area contributed by atoms with Crippen LogP contribution in [0.1, 0.15) is 48.9 Å². The van der Waals surface area contributed by atoms with Crippen LogP contribution in [0.25, 0.3) is 6.08 Å². The van der Waals surface area contributed by atoms with Crippen molar-refractivity contribution in [2.24, 2.45) is 4.99 Å². The van der Waals surface area contributed by atoms with Gasteiger partial charge in [-0.2, -0.15) is 0 Å². The van der Waals surface area contributed by atoms with Crippen molar-refractivity contribution in [2.75, 3.05) is 7.11 Å². The highest BCUT2D eigenvalue weighted by Crippen LogP contribution is 2.33. The minimum Gasteiger partial charge on any atom is -0.496 e. The first-order chi connectivity index (χ1) is 13.4. The topological polar surface area (TPSA) is 50.7 Å². The molecule has 28 heavy (non-hydrogen) atoms. The van der Waals surface area contributed by atoms with Gasteiger partial charge in [-0.3, -0.25) is 4.79 Å². The van der Waals surface area contributed by atoms with E-state index < -0.39 is 0 Å². The van der Waals surface area contributed by atoms with Crippen molar-refractivity contribution in [3.63, 3.8) is 0 Å². The number of amidine groups is 1. The molecule has 1 aliphatic heterocycles. The van der Waals surface area contributed by atoms with Crippen molar-refractivity contribution in [3.05, 3.63) is 63.6 Å². The molecule has 0 unspecified atom stereocenters. The van der Waals surface area contributed by atoms with E-state index in [0.717, 1.165) is 34.5 Å². The Morgan fingerprint density at radius 1 is 1.21 bits per heavy atom. The zero-order chi connectivity index (χ0) is 20.3. The van der Waals surface area contributed by atoms with Crippen molar-refractivity contribution in [1.82, 2.24) is 5.32 Å². The molecule has 0 aliphatic carbocycles. The molecule has 1 heterocycles. The lowest BCUT2D eigenvalue weighted by molar-refractivity contribution is -0.115. The van der Waals surface area contributed by atoms with Crippen LogP contribution in [0.3, 0.4) is 0 Å². The Hall–Kier alpha value is -2.53. The number of aliphatic imine (C=N–C) groups is 1. The van der Waals surface area contributed by atoms with Gasteiger partial charge in [0.15, 0.2) is 5.17 Å². The molecule has 1 N–H and O–H groups in total. The van der Waals surface area contributed by atoms with Gasteiger partial charge in [0.05, 0.1) is 17.7 Å². The number of hydrogen-bond donors (Lipinski definition) is 1. The average Bonchev–Trinajstić information content (AvgIpc) is 3.02. The van der Waals surface area contributed by atoms with Crippen LogP contribution in [0.15, 0.2) is 46.3 Å². The molecule has 0 spiro atoms. The van der Waals surface area contributed by atoms with Gasteiger partial charge in [-0.25, -0.2) is 4.99 Å². The molecule has 5 heteroatoms. The van der Waals surface area contributed by atoms with E-state index >= 15 is 0 Å². The summed E-state index contributed by atoms with van der Waals surface area (Å²) in [6.45, 7) is 8.42. The Morgan fingerprint density at radius 3 is 2.54 bits per heavy atom. The quantitative estimate of drug-likeness (QED) is 0.674. The summed E-state index contributed by atoms with van der Waals surface area (Å²) in [5.74, 6) is 1.10. The van der Waals surface area contributed by atoms with E-state index in [0.29, 0.717) is 16.0 Å². The van der Waals surface area contributed by atoms with Gasteiger partial charge in [-0.15, -0.1) is 0 Å². The summed E-state index contributed by atoms with van der Waals surface area (Å²) in [6.07, 6.45) is 2.93. The summed E-state index contributed by atoms with van der Waals surface area (Å²) in [6, 6.07) is 12.2. The first-order valence-electron chi connectivity index (χ1n) is 9.48. The summed E-state index contributed by atoms with van der Waals surface area (Å²) < 4.78 is 5.51. The zero-order valence-corrected chi connectivity index (χ0v) is 17.8. The number of aryl methyl sites for hydroxylation is 2. The Labute approximate surface area is 171 Å². The average molecular weight is 395 g/mol. The molecule has 2 aromatic carbocycles. The molecule has 1 saturated heterocycles. The van der Waals surface area contributed by atoms with Crippen molar-refractivity contribution in [2.45, 2.75) is 40.0 Å². The lowest BCUT2D eigenvalue weighted by atomic mass is 9.96. The van der Waals surface area contributed by atoms with Crippen LogP contribution in [0.2, 0.25) is 0 Å². The fourth-order valence-electron chi connectivity index (χ4n) is 3.04. The van der Waals surface area contributed by atoms with Crippen molar-refractivity contribution in [1.29, 1.82) is 0 Å². The van der Waals surface area contributed by atoms with Gasteiger partial charge >= 0.3 is 0 Å². The van der Waals surface area contributed by atoms with E-state index in [1.807, 2.05) is 31.2 Å². The molecule has 1 aliphatic rings. The van der Waals surface area contributed by atoms with Crippen LogP contribution in [0, 0.1) is 6.92 Å². The lowest BCUT2D eigenvalue weighted by Gasteiger charge is -2.14. The second-order valence-corrected chi connectivity index (χ2v) is 8.14. The highest BCUT2D eigenvalue weighted by molar-refractivity contribution is 8.18. The number of carbonyl (C=O) groups is 1. The Morgan fingerprint density at radius 2 is 1.93 bits per heavy atom. The van der Waals surface area contributed by atoms with Crippen LogP contribution in [0.4, 0.5) is 5.69 Å². The first-order valence-corrected chi connectivity index (χ1v) is 10.3. The van der Waals surface area contributed by atoms with Gasteiger partial charge in [0.1, 0.15) is 5.75 Å². The Kier molecular flexibility index (Phi) is 6.25. The maximum Gasteiger partial charge on any atom is 0.264 e. The fourth-order valence-corrected chi connectivity index (χ4v) is 3.88. The molecule has 0 saturated carbocycles. The molecule has 0 atom stereocenters. The van der Waals surface area contributed by atoms with Crippen LogP contribution < -0.4 is 10.1 Å². The van der Waals surface area contributed by atoms with Crippen molar-refractivity contribution in [3.8, 4) is 5.75 Å². The van der Waals surface area contributed by atoms with Gasteiger partial charge in [0, 0.05) is 0 Å². The van der Waals surface area contributed by atoms with Gasteiger partial charge in [0.2, 0.25) is 0 Å². The van der Waals surface area contributed by atoms with Crippen LogP contribution >= 0.6 is 11.8 Å². The molecule has 1 amide bonds. The highest BCUT2D eigenvalue weighted by Gasteiger charge is 2.24. The number of methoxy groups -OCH3 is 1. The molecule has 1 fully saturated rings. The fraction of sp³-hybridized carbons (Fsp3) is 0.304. The third-order valence-electron chi connectivity index (χ3n) is 4.75. The normalized spacial score (nSPS) is 16.9. The maximum atomic E-state index is 12.4. The highest BCUT2D eigenvalue weighted by atomic mass is 32.2. The van der Waals surface area contributed by atoms with Crippen molar-refractivity contribution >= 4 is 34.6 Å². The molecule has 0 aromatic heterocycles. The summed E-state index contributed by atoms with van der Waals surface area (Å²) in [5, 5.41) is 3.47. The summed E-state index contributed by atoms with van der Waals surface area (Å²) in [7, 11) is 1.69. The van der Waals surface area contributed by atoms with Crippen LogP contribution in [-0.2, 0) is 11.2 Å². The molecule has 0 radical (unpaired) electrons. The lowest BCUT2D eigenvalue weighted by Crippen LogP contribution is -2.19. The molecule has 4 nitrogen and oxygen atoms in total. The second-order valence-electron chi connectivity index (χ2n) is 7.11. The number of rotatable bonds is 5. The van der Waals surface area contributed by atoms with E-state index in [-0.39, 0.29) is 5.91 Å². The van der Waals surface area contributed by atoms with Gasteiger partial charge in [-0.05, 0) is 83.6 Å². The van der Waals surface area contributed by atoms with E-state index in [1.54, 1.807) is 7.11 Å². The maximum absolute atomic E-state index is 12.4. The SMILES string of the molecule is CCc1ccc(N=C2NC(=O)/C(=C/c3cc(C(C)C)c(OC)cc3C)S2)cc1. The molecule has 0 bridgehead atoms. The van der Waals surface area contributed by atoms with Gasteiger partial charge in [0.25, 0.3) is 5.91 Å². The number of nitrogens with zero attached hydrogens (tertiary/aromatic N) is 1. The third kappa shape index (κ3) is 4.47. The minimum absolute atomic E-state index is 0.116. The van der Waals surface area contributed by atoms with E-state index in [2.05, 4.69) is 49.3 Å². The van der Waals surface area contributed by atoms with Crippen LogP contribution in [0.5, 0.6) is 5.75 Å². The van der Waals surface area contributed by atoms with Gasteiger partial charge in [-0.1, -0.05) is 32.9 Å². The molecule has 146 valence electrons. The largest absolute Gasteiger partial charge is 0.496 e. The monoisotopic (exact) mass is 394 g/mol. The molecular weight excluding hydrogens is 368 g/mol. The first kappa shape index (κ1) is 20.2. The molecule has 2 aromatic rings. The third-order valence-corrected chi connectivity index (χ3v) is 5.66. The number of carbonyl (C=O) groups excluding carboxylic acids is 1. The molecular formula is C23H26N2O2S. The van der Waals surface area contributed by atoms with Crippen molar-refractivity contribution < 1.29 is 9.53 Å². The predicted octanol–water partition coefficient (Wildman–Crippen LogP) is 5.58. The number of ether oxygens (including phenoxy) is 1. The summed E-state index contributed by atoms with van der Waals surface area (Å²) in [4.78, 5) is 17.6. The second kappa shape index (κ2) is 8.65. The summed E-state index contributed by atoms with van der Waals surface area (Å²) >= 11 is 1.37. The van der Waals surface area contributed by atoms with E-state index in [4.69, 9.17) is 4.74 Å². The van der Waals surface area contributed by atoms with Crippen LogP contribution in [-0.4, -0.2) is 18.2 Å². The number of benzene rings is 2. The Bertz CT molecular complexity index is 944. The number of amides is 1. The number of thioether (sulfide) groups is 1. The Balaban J connectivity index is 1.88. The standard InChI is InChI=1S/C23H26N2O2S/c1-6-16-7-9-18(10-8-16)24-23-25-22(26)21(28-23)13-17-12-19(14(2)3)20(27-5)11-15(17)4/h7-14H,6H2,1-5H3,(H,24,25,26)/b21-13-. The number of hydrogen-bond acceptors (Lipinski definition) is 4. The van der Waals surface area contributed by atoms with E-state index in [1.165, 1.54) is 17.3 Å². The minimum atomic E-state index is -0.116. The summed E-state index contributed by atoms with van der Waals surface area (Å²) in [5.41, 5.74) is 5.33. The van der Waals surface area contributed by atoms with Gasteiger partial charge < -0.3 is 10.1 Å².